The highest BCUT2D eigenvalue weighted by Crippen LogP contribution is 2.29. The summed E-state index contributed by atoms with van der Waals surface area (Å²) < 4.78 is 12.8. The average molecular weight is 355 g/mol. The lowest BCUT2D eigenvalue weighted by Gasteiger charge is -2.09. The van der Waals surface area contributed by atoms with Crippen LogP contribution in [0.1, 0.15) is 5.56 Å². The molecule has 2 N–H and O–H groups in total. The Hall–Kier alpha value is -2.11. The van der Waals surface area contributed by atoms with Crippen LogP contribution in [0.5, 0.6) is 0 Å². The fourth-order valence-corrected chi connectivity index (χ4v) is 2.17. The summed E-state index contributed by atoms with van der Waals surface area (Å²) in [5.41, 5.74) is 1.03. The van der Waals surface area contributed by atoms with E-state index in [9.17, 15) is 14.0 Å². The quantitative estimate of drug-likeness (QED) is 0.863. The van der Waals surface area contributed by atoms with Crippen LogP contribution in [0.2, 0.25) is 10.0 Å². The first-order valence-electron chi connectivity index (χ1n) is 6.70. The van der Waals surface area contributed by atoms with Crippen LogP contribution >= 0.6 is 23.2 Å². The van der Waals surface area contributed by atoms with Gasteiger partial charge in [-0.25, -0.2) is 4.39 Å². The molecule has 0 saturated heterocycles. The van der Waals surface area contributed by atoms with Crippen LogP contribution in [0.4, 0.5) is 10.1 Å². The van der Waals surface area contributed by atoms with Crippen LogP contribution in [-0.4, -0.2) is 18.4 Å². The van der Waals surface area contributed by atoms with Gasteiger partial charge in [-0.15, -0.1) is 0 Å². The van der Waals surface area contributed by atoms with Crippen molar-refractivity contribution in [3.05, 3.63) is 63.9 Å². The Bertz CT molecular complexity index is 721. The fourth-order valence-electron chi connectivity index (χ4n) is 1.82. The molecule has 0 aliphatic heterocycles. The third-order valence-electron chi connectivity index (χ3n) is 2.95. The van der Waals surface area contributed by atoms with Gasteiger partial charge < -0.3 is 10.6 Å². The molecule has 2 amide bonds. The monoisotopic (exact) mass is 354 g/mol. The van der Waals surface area contributed by atoms with Gasteiger partial charge in [0.1, 0.15) is 5.82 Å². The summed E-state index contributed by atoms with van der Waals surface area (Å²) in [6.07, 6.45) is 0.0610. The normalized spacial score (nSPS) is 10.2. The summed E-state index contributed by atoms with van der Waals surface area (Å²) in [6, 6.07) is 10.4. The van der Waals surface area contributed by atoms with E-state index in [4.69, 9.17) is 23.2 Å². The average Bonchev–Trinajstić information content (AvgIpc) is 2.52. The second-order valence-corrected chi connectivity index (χ2v) is 5.51. The molecule has 0 fully saturated rings. The van der Waals surface area contributed by atoms with E-state index >= 15 is 0 Å². The van der Waals surface area contributed by atoms with Gasteiger partial charge >= 0.3 is 0 Å². The van der Waals surface area contributed by atoms with E-state index in [2.05, 4.69) is 10.6 Å². The number of benzene rings is 2. The van der Waals surface area contributed by atoms with Crippen molar-refractivity contribution < 1.29 is 14.0 Å². The summed E-state index contributed by atoms with van der Waals surface area (Å²) in [6.45, 7) is -0.205. The fraction of sp³-hybridized carbons (Fsp3) is 0.125. The Balaban J connectivity index is 1.83. The lowest BCUT2D eigenvalue weighted by atomic mass is 10.1. The minimum absolute atomic E-state index is 0.0610. The number of carbonyl (C=O) groups is 2. The standard InChI is InChI=1S/C16H13Cl2FN2O2/c17-12-2-1-3-13(16(12)18)21-15(23)9-20-14(22)8-10-4-6-11(19)7-5-10/h1-7H,8-9H2,(H,20,22)(H,21,23). The molecule has 2 rings (SSSR count). The smallest absolute Gasteiger partial charge is 0.243 e. The Labute approximate surface area is 142 Å². The maximum atomic E-state index is 12.8. The Morgan fingerprint density at radius 3 is 2.39 bits per heavy atom. The molecular formula is C16H13Cl2FN2O2. The highest BCUT2D eigenvalue weighted by Gasteiger charge is 2.10. The van der Waals surface area contributed by atoms with Crippen LogP contribution in [-0.2, 0) is 16.0 Å². The van der Waals surface area contributed by atoms with E-state index < -0.39 is 5.91 Å². The predicted octanol–water partition coefficient (Wildman–Crippen LogP) is 3.43. The number of anilines is 1. The molecule has 0 radical (unpaired) electrons. The van der Waals surface area contributed by atoms with Crippen molar-refractivity contribution in [3.63, 3.8) is 0 Å². The van der Waals surface area contributed by atoms with Crippen molar-refractivity contribution >= 4 is 40.7 Å². The van der Waals surface area contributed by atoms with Crippen molar-refractivity contribution in [2.75, 3.05) is 11.9 Å². The second kappa shape index (κ2) is 7.94. The number of carbonyl (C=O) groups excluding carboxylic acids is 2. The largest absolute Gasteiger partial charge is 0.347 e. The van der Waals surface area contributed by atoms with Gasteiger partial charge in [-0.2, -0.15) is 0 Å². The molecule has 120 valence electrons. The molecule has 0 aromatic heterocycles. The highest BCUT2D eigenvalue weighted by atomic mass is 35.5. The highest BCUT2D eigenvalue weighted by molar-refractivity contribution is 6.44. The minimum atomic E-state index is -0.429. The molecule has 0 aliphatic carbocycles. The molecule has 4 nitrogen and oxygen atoms in total. The molecule has 2 aromatic carbocycles. The topological polar surface area (TPSA) is 58.2 Å². The second-order valence-electron chi connectivity index (χ2n) is 4.73. The molecule has 23 heavy (non-hydrogen) atoms. The molecule has 2 aromatic rings. The third-order valence-corrected chi connectivity index (χ3v) is 3.77. The molecule has 0 heterocycles. The lowest BCUT2D eigenvalue weighted by molar-refractivity contribution is -0.123. The van der Waals surface area contributed by atoms with Crippen LogP contribution in [0.25, 0.3) is 0 Å². The van der Waals surface area contributed by atoms with E-state index in [1.54, 1.807) is 18.2 Å². The van der Waals surface area contributed by atoms with E-state index in [1.165, 1.54) is 24.3 Å². The maximum Gasteiger partial charge on any atom is 0.243 e. The summed E-state index contributed by atoms with van der Waals surface area (Å²) in [4.78, 5) is 23.5. The SMILES string of the molecule is O=C(Cc1ccc(F)cc1)NCC(=O)Nc1cccc(Cl)c1Cl. The zero-order valence-corrected chi connectivity index (χ0v) is 13.4. The summed E-state index contributed by atoms with van der Waals surface area (Å²) in [5.74, 6) is -1.14. The van der Waals surface area contributed by atoms with Crippen molar-refractivity contribution in [1.29, 1.82) is 0 Å². The number of nitrogens with one attached hydrogen (secondary N) is 2. The predicted molar refractivity (Wildman–Crippen MR) is 88.2 cm³/mol. The molecule has 0 saturated carbocycles. The summed E-state index contributed by atoms with van der Waals surface area (Å²) in [5, 5.41) is 5.60. The van der Waals surface area contributed by atoms with Crippen LogP contribution < -0.4 is 10.6 Å². The van der Waals surface area contributed by atoms with E-state index in [-0.39, 0.29) is 29.7 Å². The first-order valence-corrected chi connectivity index (χ1v) is 7.46. The third kappa shape index (κ3) is 5.23. The summed E-state index contributed by atoms with van der Waals surface area (Å²) >= 11 is 11.8. The van der Waals surface area contributed by atoms with Gasteiger partial charge in [-0.1, -0.05) is 41.4 Å². The number of amides is 2. The molecular weight excluding hydrogens is 342 g/mol. The van der Waals surface area contributed by atoms with Crippen LogP contribution in [0.15, 0.2) is 42.5 Å². The molecule has 7 heteroatoms. The van der Waals surface area contributed by atoms with Gasteiger partial charge in [0.25, 0.3) is 0 Å². The Morgan fingerprint density at radius 1 is 1.00 bits per heavy atom. The van der Waals surface area contributed by atoms with Gasteiger partial charge in [-0.3, -0.25) is 9.59 Å². The first-order chi connectivity index (χ1) is 11.0. The van der Waals surface area contributed by atoms with E-state index in [0.29, 0.717) is 16.3 Å². The van der Waals surface area contributed by atoms with E-state index in [0.717, 1.165) is 0 Å². The molecule has 0 spiro atoms. The van der Waals surface area contributed by atoms with Crippen LogP contribution in [0.3, 0.4) is 0 Å². The number of hydrogen-bond acceptors (Lipinski definition) is 2. The van der Waals surface area contributed by atoms with Crippen molar-refractivity contribution in [1.82, 2.24) is 5.32 Å². The van der Waals surface area contributed by atoms with Crippen LogP contribution in [0, 0.1) is 5.82 Å². The van der Waals surface area contributed by atoms with Crippen molar-refractivity contribution in [2.24, 2.45) is 0 Å². The van der Waals surface area contributed by atoms with Gasteiger partial charge in [0.05, 0.1) is 28.7 Å². The number of hydrogen-bond donors (Lipinski definition) is 2. The molecule has 0 unspecified atom stereocenters. The van der Waals surface area contributed by atoms with Crippen molar-refractivity contribution in [2.45, 2.75) is 6.42 Å². The summed E-state index contributed by atoms with van der Waals surface area (Å²) in [7, 11) is 0. The zero-order valence-electron chi connectivity index (χ0n) is 11.9. The molecule has 0 aliphatic rings. The number of halogens is 3. The lowest BCUT2D eigenvalue weighted by Crippen LogP contribution is -2.33. The van der Waals surface area contributed by atoms with Gasteiger partial charge in [0.2, 0.25) is 11.8 Å². The Kier molecular flexibility index (Phi) is 5.96. The zero-order chi connectivity index (χ0) is 16.8. The number of rotatable bonds is 5. The first kappa shape index (κ1) is 17.2. The van der Waals surface area contributed by atoms with Gasteiger partial charge in [0.15, 0.2) is 0 Å². The van der Waals surface area contributed by atoms with Gasteiger partial charge in [0, 0.05) is 0 Å². The Morgan fingerprint density at radius 2 is 1.70 bits per heavy atom. The van der Waals surface area contributed by atoms with E-state index in [1.807, 2.05) is 0 Å². The minimum Gasteiger partial charge on any atom is -0.347 e. The molecule has 0 bridgehead atoms. The molecule has 0 atom stereocenters. The van der Waals surface area contributed by atoms with Gasteiger partial charge in [-0.05, 0) is 29.8 Å². The van der Waals surface area contributed by atoms with Crippen molar-refractivity contribution in [3.8, 4) is 0 Å². The maximum absolute atomic E-state index is 12.8.